The van der Waals surface area contributed by atoms with Gasteiger partial charge in [0, 0.05) is 13.6 Å². The lowest BCUT2D eigenvalue weighted by molar-refractivity contribution is -0.142. The van der Waals surface area contributed by atoms with Gasteiger partial charge in [0.2, 0.25) is 5.91 Å². The van der Waals surface area contributed by atoms with Crippen LogP contribution in [0.4, 0.5) is 0 Å². The van der Waals surface area contributed by atoms with Crippen molar-refractivity contribution in [3.05, 3.63) is 64.7 Å². The van der Waals surface area contributed by atoms with Crippen molar-refractivity contribution >= 4 is 11.8 Å². The van der Waals surface area contributed by atoms with Gasteiger partial charge >= 0.3 is 0 Å². The fourth-order valence-electron chi connectivity index (χ4n) is 3.12. The molecular weight excluding hydrogens is 352 g/mol. The highest BCUT2D eigenvalue weighted by Gasteiger charge is 2.28. The Morgan fingerprint density at radius 3 is 2.43 bits per heavy atom. The third-order valence-electron chi connectivity index (χ3n) is 4.91. The number of aryl methyl sites for hydroxylation is 3. The lowest BCUT2D eigenvalue weighted by atomic mass is 10.1. The zero-order valence-corrected chi connectivity index (χ0v) is 17.4. The largest absolute Gasteiger partial charge is 0.484 e. The second kappa shape index (κ2) is 9.93. The van der Waals surface area contributed by atoms with Gasteiger partial charge in [-0.2, -0.15) is 0 Å². The number of hydrogen-bond acceptors (Lipinski definition) is 3. The predicted molar refractivity (Wildman–Crippen MR) is 111 cm³/mol. The van der Waals surface area contributed by atoms with Crippen LogP contribution in [0.25, 0.3) is 0 Å². The molecule has 28 heavy (non-hydrogen) atoms. The maximum absolute atomic E-state index is 13.0. The third kappa shape index (κ3) is 5.59. The van der Waals surface area contributed by atoms with E-state index in [1.807, 2.05) is 70.2 Å². The van der Waals surface area contributed by atoms with Gasteiger partial charge in [-0.25, -0.2) is 0 Å². The molecule has 5 heteroatoms. The van der Waals surface area contributed by atoms with E-state index in [2.05, 4.69) is 5.32 Å². The van der Waals surface area contributed by atoms with Gasteiger partial charge in [-0.05, 0) is 56.0 Å². The molecular formula is C23H30N2O3. The molecule has 0 aromatic heterocycles. The second-order valence-electron chi connectivity index (χ2n) is 7.08. The van der Waals surface area contributed by atoms with Crippen LogP contribution in [-0.2, 0) is 16.1 Å². The highest BCUT2D eigenvalue weighted by Crippen LogP contribution is 2.18. The Kier molecular flexibility index (Phi) is 7.61. The third-order valence-corrected chi connectivity index (χ3v) is 4.91. The number of carbonyl (C=O) groups excluding carboxylic acids is 2. The standard InChI is InChI=1S/C23H30N2O3/c1-6-21(23(27)24-5)25(14-19-9-7-8-16(2)12-19)22(26)15-28-20-11-10-17(3)18(4)13-20/h7-13,21H,6,14-15H2,1-5H3,(H,24,27)/t21-/m0/s1. The topological polar surface area (TPSA) is 58.6 Å². The van der Waals surface area contributed by atoms with Gasteiger partial charge in [-0.3, -0.25) is 9.59 Å². The van der Waals surface area contributed by atoms with Crippen LogP contribution in [0.3, 0.4) is 0 Å². The monoisotopic (exact) mass is 382 g/mol. The molecule has 0 bridgehead atoms. The van der Waals surface area contributed by atoms with E-state index < -0.39 is 6.04 Å². The molecule has 5 nitrogen and oxygen atoms in total. The van der Waals surface area contributed by atoms with Crippen LogP contribution in [0.5, 0.6) is 5.75 Å². The number of carbonyl (C=O) groups is 2. The van der Waals surface area contributed by atoms with Gasteiger partial charge in [-0.1, -0.05) is 42.8 Å². The Bertz CT molecular complexity index is 832. The van der Waals surface area contributed by atoms with E-state index in [1.54, 1.807) is 11.9 Å². The molecule has 2 rings (SSSR count). The van der Waals surface area contributed by atoms with Crippen molar-refractivity contribution in [3.8, 4) is 5.75 Å². The summed E-state index contributed by atoms with van der Waals surface area (Å²) >= 11 is 0. The molecule has 0 aliphatic carbocycles. The molecule has 0 aliphatic rings. The summed E-state index contributed by atoms with van der Waals surface area (Å²) < 4.78 is 5.73. The van der Waals surface area contributed by atoms with Crippen molar-refractivity contribution in [2.75, 3.05) is 13.7 Å². The molecule has 0 heterocycles. The lowest BCUT2D eigenvalue weighted by Crippen LogP contribution is -2.49. The Balaban J connectivity index is 2.19. The molecule has 0 aliphatic heterocycles. The Morgan fingerprint density at radius 2 is 1.82 bits per heavy atom. The van der Waals surface area contributed by atoms with Gasteiger partial charge in [0.05, 0.1) is 0 Å². The van der Waals surface area contributed by atoms with Crippen LogP contribution >= 0.6 is 0 Å². The molecule has 0 fully saturated rings. The SMILES string of the molecule is CC[C@@H](C(=O)NC)N(Cc1cccc(C)c1)C(=O)COc1ccc(C)c(C)c1. The van der Waals surface area contributed by atoms with Gasteiger partial charge < -0.3 is 15.0 Å². The minimum atomic E-state index is -0.540. The summed E-state index contributed by atoms with van der Waals surface area (Å²) in [7, 11) is 1.59. The van der Waals surface area contributed by atoms with Crippen molar-refractivity contribution in [2.24, 2.45) is 0 Å². The maximum Gasteiger partial charge on any atom is 0.261 e. The van der Waals surface area contributed by atoms with Crippen LogP contribution in [0.1, 0.15) is 35.6 Å². The number of benzene rings is 2. The van der Waals surface area contributed by atoms with Gasteiger partial charge in [0.25, 0.3) is 5.91 Å². The Hall–Kier alpha value is -2.82. The van der Waals surface area contributed by atoms with E-state index in [-0.39, 0.29) is 18.4 Å². The fourth-order valence-corrected chi connectivity index (χ4v) is 3.12. The first-order valence-electron chi connectivity index (χ1n) is 9.62. The maximum atomic E-state index is 13.0. The van der Waals surface area contributed by atoms with Gasteiger partial charge in [0.1, 0.15) is 11.8 Å². The molecule has 0 saturated carbocycles. The zero-order chi connectivity index (χ0) is 20.7. The molecule has 0 unspecified atom stereocenters. The molecule has 0 radical (unpaired) electrons. The molecule has 1 atom stereocenters. The van der Waals surface area contributed by atoms with Crippen LogP contribution in [-0.4, -0.2) is 36.4 Å². The first-order valence-corrected chi connectivity index (χ1v) is 9.62. The average Bonchev–Trinajstić information content (AvgIpc) is 2.68. The number of rotatable bonds is 8. The van der Waals surface area contributed by atoms with Crippen molar-refractivity contribution in [2.45, 2.75) is 46.7 Å². The van der Waals surface area contributed by atoms with Crippen molar-refractivity contribution in [1.29, 1.82) is 0 Å². The summed E-state index contributed by atoms with van der Waals surface area (Å²) in [5.74, 6) is 0.268. The second-order valence-corrected chi connectivity index (χ2v) is 7.08. The van der Waals surface area contributed by atoms with E-state index >= 15 is 0 Å². The number of ether oxygens (including phenoxy) is 1. The van der Waals surface area contributed by atoms with Crippen molar-refractivity contribution < 1.29 is 14.3 Å². The summed E-state index contributed by atoms with van der Waals surface area (Å²) in [5, 5.41) is 2.66. The summed E-state index contributed by atoms with van der Waals surface area (Å²) in [6.45, 7) is 8.20. The van der Waals surface area contributed by atoms with Crippen LogP contribution in [0, 0.1) is 20.8 Å². The van der Waals surface area contributed by atoms with Crippen LogP contribution in [0.15, 0.2) is 42.5 Å². The first-order chi connectivity index (χ1) is 13.3. The van der Waals surface area contributed by atoms with Crippen molar-refractivity contribution in [1.82, 2.24) is 10.2 Å². The van der Waals surface area contributed by atoms with Crippen LogP contribution in [0.2, 0.25) is 0 Å². The summed E-state index contributed by atoms with van der Waals surface area (Å²) in [4.78, 5) is 27.0. The van der Waals surface area contributed by atoms with E-state index in [9.17, 15) is 9.59 Å². The first kappa shape index (κ1) is 21.5. The minimum Gasteiger partial charge on any atom is -0.484 e. The van der Waals surface area contributed by atoms with E-state index in [1.165, 1.54) is 5.56 Å². The Morgan fingerprint density at radius 1 is 1.07 bits per heavy atom. The number of likely N-dealkylation sites (N-methyl/N-ethyl adjacent to an activating group) is 1. The van der Waals surface area contributed by atoms with Crippen LogP contribution < -0.4 is 10.1 Å². The predicted octanol–water partition coefficient (Wildman–Crippen LogP) is 3.54. The summed E-state index contributed by atoms with van der Waals surface area (Å²) in [6.07, 6.45) is 0.529. The van der Waals surface area contributed by atoms with E-state index in [4.69, 9.17) is 4.74 Å². The highest BCUT2D eigenvalue weighted by molar-refractivity contribution is 5.88. The molecule has 0 saturated heterocycles. The summed E-state index contributed by atoms with van der Waals surface area (Å²) in [6, 6.07) is 13.2. The number of nitrogens with one attached hydrogen (secondary N) is 1. The van der Waals surface area contributed by atoms with E-state index in [0.29, 0.717) is 18.7 Å². The fraction of sp³-hybridized carbons (Fsp3) is 0.391. The van der Waals surface area contributed by atoms with Crippen molar-refractivity contribution in [3.63, 3.8) is 0 Å². The van der Waals surface area contributed by atoms with Gasteiger partial charge in [-0.15, -0.1) is 0 Å². The smallest absolute Gasteiger partial charge is 0.261 e. The Labute approximate surface area is 167 Å². The number of amides is 2. The summed E-state index contributed by atoms with van der Waals surface area (Å²) in [5.41, 5.74) is 4.38. The zero-order valence-electron chi connectivity index (χ0n) is 17.4. The number of nitrogens with zero attached hydrogens (tertiary/aromatic N) is 1. The highest BCUT2D eigenvalue weighted by atomic mass is 16.5. The number of hydrogen-bond donors (Lipinski definition) is 1. The van der Waals surface area contributed by atoms with Gasteiger partial charge in [0.15, 0.2) is 6.61 Å². The average molecular weight is 383 g/mol. The molecule has 1 N–H and O–H groups in total. The van der Waals surface area contributed by atoms with E-state index in [0.717, 1.165) is 16.7 Å². The molecule has 2 amide bonds. The normalized spacial score (nSPS) is 11.6. The molecule has 2 aromatic rings. The lowest BCUT2D eigenvalue weighted by Gasteiger charge is -2.30. The molecule has 2 aromatic carbocycles. The minimum absolute atomic E-state index is 0.109. The quantitative estimate of drug-likeness (QED) is 0.760. The molecule has 150 valence electrons. The molecule has 0 spiro atoms.